The first-order valence-corrected chi connectivity index (χ1v) is 7.01. The molecule has 1 aliphatic rings. The molecule has 1 aromatic rings. The van der Waals surface area contributed by atoms with E-state index < -0.39 is 0 Å². The van der Waals surface area contributed by atoms with Crippen LogP contribution in [0.3, 0.4) is 0 Å². The molecule has 1 aromatic carbocycles. The van der Waals surface area contributed by atoms with Gasteiger partial charge in [0.1, 0.15) is 0 Å². The molecule has 1 amide bonds. The summed E-state index contributed by atoms with van der Waals surface area (Å²) in [6, 6.07) is 7.93. The number of rotatable bonds is 6. The third kappa shape index (κ3) is 4.03. The van der Waals surface area contributed by atoms with E-state index in [4.69, 9.17) is 5.84 Å². The minimum absolute atomic E-state index is 0.103. The average Bonchev–Trinajstić information content (AvgIpc) is 2.39. The lowest BCUT2D eigenvalue weighted by Gasteiger charge is -2.34. The number of nitrogens with one attached hydrogen (secondary N) is 1. The number of aliphatic hydroxyl groups is 1. The van der Waals surface area contributed by atoms with Crippen LogP contribution in [0.25, 0.3) is 0 Å². The summed E-state index contributed by atoms with van der Waals surface area (Å²) in [5.41, 5.74) is 4.33. The van der Waals surface area contributed by atoms with Crippen LogP contribution in [0, 0.1) is 5.92 Å². The highest BCUT2D eigenvalue weighted by Crippen LogP contribution is 2.28. The van der Waals surface area contributed by atoms with E-state index in [1.807, 2.05) is 24.3 Å². The Morgan fingerprint density at radius 2 is 2.05 bits per heavy atom. The second-order valence-electron chi connectivity index (χ2n) is 5.70. The van der Waals surface area contributed by atoms with E-state index in [2.05, 4.69) is 17.4 Å². The molecule has 1 fully saturated rings. The van der Waals surface area contributed by atoms with Crippen molar-refractivity contribution in [3.05, 3.63) is 35.4 Å². The standard InChI is InChI=1S/C15H23N3O2/c1-18(9-11-6-14(19)7-11)10-13-5-3-2-4-12(13)8-15(20)17-16/h2-5,11,14,19H,6-10,16H2,1H3,(H,17,20). The molecule has 2 rings (SSSR count). The Hall–Kier alpha value is -1.43. The van der Waals surface area contributed by atoms with E-state index >= 15 is 0 Å². The number of amides is 1. The molecule has 0 aliphatic heterocycles. The van der Waals surface area contributed by atoms with E-state index in [1.54, 1.807) is 0 Å². The first-order chi connectivity index (χ1) is 9.58. The van der Waals surface area contributed by atoms with Gasteiger partial charge in [-0.3, -0.25) is 10.2 Å². The van der Waals surface area contributed by atoms with Crippen molar-refractivity contribution in [3.63, 3.8) is 0 Å². The summed E-state index contributed by atoms with van der Waals surface area (Å²) >= 11 is 0. The Morgan fingerprint density at radius 3 is 2.65 bits per heavy atom. The monoisotopic (exact) mass is 277 g/mol. The lowest BCUT2D eigenvalue weighted by atomic mass is 9.82. The smallest absolute Gasteiger partial charge is 0.238 e. The fourth-order valence-electron chi connectivity index (χ4n) is 2.75. The second kappa shape index (κ2) is 6.83. The number of hydrogen-bond donors (Lipinski definition) is 3. The summed E-state index contributed by atoms with van der Waals surface area (Å²) in [6.07, 6.45) is 2.01. The van der Waals surface area contributed by atoms with Crippen LogP contribution in [0.1, 0.15) is 24.0 Å². The van der Waals surface area contributed by atoms with Gasteiger partial charge in [-0.1, -0.05) is 24.3 Å². The van der Waals surface area contributed by atoms with E-state index in [0.29, 0.717) is 12.3 Å². The van der Waals surface area contributed by atoms with Gasteiger partial charge in [0.2, 0.25) is 5.91 Å². The van der Waals surface area contributed by atoms with Gasteiger partial charge < -0.3 is 10.0 Å². The number of nitrogens with zero attached hydrogens (tertiary/aromatic N) is 1. The second-order valence-corrected chi connectivity index (χ2v) is 5.70. The van der Waals surface area contributed by atoms with Crippen LogP contribution in [0.5, 0.6) is 0 Å². The molecule has 0 unspecified atom stereocenters. The molecule has 0 atom stereocenters. The highest BCUT2D eigenvalue weighted by molar-refractivity contribution is 5.78. The lowest BCUT2D eigenvalue weighted by molar-refractivity contribution is -0.120. The summed E-state index contributed by atoms with van der Waals surface area (Å²) in [4.78, 5) is 13.7. The van der Waals surface area contributed by atoms with Crippen molar-refractivity contribution in [2.45, 2.75) is 31.9 Å². The fourth-order valence-corrected chi connectivity index (χ4v) is 2.75. The highest BCUT2D eigenvalue weighted by atomic mass is 16.3. The minimum Gasteiger partial charge on any atom is -0.393 e. The summed E-state index contributed by atoms with van der Waals surface area (Å²) in [6.45, 7) is 1.79. The van der Waals surface area contributed by atoms with Crippen molar-refractivity contribution < 1.29 is 9.90 Å². The van der Waals surface area contributed by atoms with Crippen LogP contribution in [0.4, 0.5) is 0 Å². The summed E-state index contributed by atoms with van der Waals surface area (Å²) in [7, 11) is 2.07. The number of hydrazine groups is 1. The summed E-state index contributed by atoms with van der Waals surface area (Å²) in [5.74, 6) is 5.56. The first-order valence-electron chi connectivity index (χ1n) is 7.01. The van der Waals surface area contributed by atoms with Gasteiger partial charge in [0.05, 0.1) is 12.5 Å². The minimum atomic E-state index is -0.179. The molecule has 1 aliphatic carbocycles. The van der Waals surface area contributed by atoms with Crippen LogP contribution < -0.4 is 11.3 Å². The zero-order valence-corrected chi connectivity index (χ0v) is 11.9. The predicted octanol–water partition coefficient (Wildman–Crippen LogP) is 0.422. The molecule has 0 heterocycles. The third-order valence-corrected chi connectivity index (χ3v) is 3.85. The molecule has 0 saturated heterocycles. The molecule has 0 radical (unpaired) electrons. The molecular formula is C15H23N3O2. The van der Waals surface area contributed by atoms with Gasteiger partial charge in [0.15, 0.2) is 0 Å². The van der Waals surface area contributed by atoms with Crippen molar-refractivity contribution in [3.8, 4) is 0 Å². The number of hydrogen-bond acceptors (Lipinski definition) is 4. The molecule has 20 heavy (non-hydrogen) atoms. The molecule has 4 N–H and O–H groups in total. The van der Waals surface area contributed by atoms with E-state index in [9.17, 15) is 9.90 Å². The molecule has 5 nitrogen and oxygen atoms in total. The van der Waals surface area contributed by atoms with Gasteiger partial charge in [-0.15, -0.1) is 0 Å². The van der Waals surface area contributed by atoms with E-state index in [1.165, 1.54) is 0 Å². The van der Waals surface area contributed by atoms with Gasteiger partial charge in [0.25, 0.3) is 0 Å². The van der Waals surface area contributed by atoms with Crippen LogP contribution >= 0.6 is 0 Å². The number of carbonyl (C=O) groups is 1. The fraction of sp³-hybridized carbons (Fsp3) is 0.533. The summed E-state index contributed by atoms with van der Waals surface area (Å²) in [5, 5.41) is 9.32. The van der Waals surface area contributed by atoms with E-state index in [-0.39, 0.29) is 12.0 Å². The van der Waals surface area contributed by atoms with E-state index in [0.717, 1.165) is 37.1 Å². The Bertz CT molecular complexity index is 458. The van der Waals surface area contributed by atoms with Crippen molar-refractivity contribution >= 4 is 5.91 Å². The first kappa shape index (κ1) is 15.0. The maximum atomic E-state index is 11.4. The van der Waals surface area contributed by atoms with Crippen molar-refractivity contribution in [2.75, 3.05) is 13.6 Å². The third-order valence-electron chi connectivity index (χ3n) is 3.85. The van der Waals surface area contributed by atoms with Crippen molar-refractivity contribution in [1.82, 2.24) is 10.3 Å². The van der Waals surface area contributed by atoms with Gasteiger partial charge in [-0.25, -0.2) is 5.84 Å². The molecular weight excluding hydrogens is 254 g/mol. The SMILES string of the molecule is CN(Cc1ccccc1CC(=O)NN)CC1CC(O)C1. The topological polar surface area (TPSA) is 78.6 Å². The maximum Gasteiger partial charge on any atom is 0.238 e. The molecule has 110 valence electrons. The molecule has 1 saturated carbocycles. The molecule has 0 aromatic heterocycles. The largest absolute Gasteiger partial charge is 0.393 e. The molecule has 0 spiro atoms. The summed E-state index contributed by atoms with van der Waals surface area (Å²) < 4.78 is 0. The average molecular weight is 277 g/mol. The van der Waals surface area contributed by atoms with Crippen LogP contribution in [-0.4, -0.2) is 35.6 Å². The van der Waals surface area contributed by atoms with Crippen molar-refractivity contribution in [1.29, 1.82) is 0 Å². The number of benzene rings is 1. The maximum absolute atomic E-state index is 11.4. The van der Waals surface area contributed by atoms with Crippen LogP contribution in [0.15, 0.2) is 24.3 Å². The zero-order valence-electron chi connectivity index (χ0n) is 11.9. The van der Waals surface area contributed by atoms with Gasteiger partial charge in [-0.05, 0) is 36.9 Å². The van der Waals surface area contributed by atoms with Gasteiger partial charge in [0, 0.05) is 13.1 Å². The Labute approximate surface area is 119 Å². The Kier molecular flexibility index (Phi) is 5.11. The van der Waals surface area contributed by atoms with Crippen molar-refractivity contribution in [2.24, 2.45) is 11.8 Å². The van der Waals surface area contributed by atoms with Gasteiger partial charge in [-0.2, -0.15) is 0 Å². The highest BCUT2D eigenvalue weighted by Gasteiger charge is 2.27. The predicted molar refractivity (Wildman–Crippen MR) is 77.5 cm³/mol. The molecule has 0 bridgehead atoms. The number of nitrogens with two attached hydrogens (primary N) is 1. The lowest BCUT2D eigenvalue weighted by Crippen LogP contribution is -2.37. The van der Waals surface area contributed by atoms with Crippen LogP contribution in [-0.2, 0) is 17.8 Å². The van der Waals surface area contributed by atoms with Gasteiger partial charge >= 0.3 is 0 Å². The zero-order chi connectivity index (χ0) is 14.5. The normalized spacial score (nSPS) is 21.6. The Morgan fingerprint density at radius 1 is 1.40 bits per heavy atom. The quantitative estimate of drug-likeness (QED) is 0.400. The number of carbonyl (C=O) groups excluding carboxylic acids is 1. The number of aliphatic hydroxyl groups excluding tert-OH is 1. The molecule has 5 heteroatoms. The Balaban J connectivity index is 1.92. The van der Waals surface area contributed by atoms with Crippen LogP contribution in [0.2, 0.25) is 0 Å².